The summed E-state index contributed by atoms with van der Waals surface area (Å²) >= 11 is 0. The van der Waals surface area contributed by atoms with E-state index in [0.717, 1.165) is 0 Å². The number of hydrogen-bond donors (Lipinski definition) is 0. The Bertz CT molecular complexity index is 430. The van der Waals surface area contributed by atoms with Crippen molar-refractivity contribution < 1.29 is 4.92 Å². The summed E-state index contributed by atoms with van der Waals surface area (Å²) in [6.07, 6.45) is 1.50. The number of nitro benzene ring substituents is 1. The average Bonchev–Trinajstić information content (AvgIpc) is 2.18. The van der Waals surface area contributed by atoms with Crippen LogP contribution in [0.4, 0.5) is 5.69 Å². The molecule has 0 aromatic heterocycles. The summed E-state index contributed by atoms with van der Waals surface area (Å²) in [6, 6.07) is 8.23. The van der Waals surface area contributed by atoms with Gasteiger partial charge in [-0.1, -0.05) is 12.1 Å². The van der Waals surface area contributed by atoms with Gasteiger partial charge in [0.05, 0.1) is 16.6 Å². The summed E-state index contributed by atoms with van der Waals surface area (Å²) in [6.45, 7) is 1.61. The van der Waals surface area contributed by atoms with Crippen molar-refractivity contribution in [3.63, 3.8) is 0 Å². The van der Waals surface area contributed by atoms with Crippen LogP contribution in [0, 0.1) is 21.4 Å². The van der Waals surface area contributed by atoms with Gasteiger partial charge in [-0.3, -0.25) is 10.1 Å². The van der Waals surface area contributed by atoms with Crippen LogP contribution in [0.5, 0.6) is 0 Å². The molecule has 0 fully saturated rings. The van der Waals surface area contributed by atoms with E-state index in [2.05, 4.69) is 0 Å². The number of para-hydroxylation sites is 1. The van der Waals surface area contributed by atoms with E-state index in [9.17, 15) is 10.1 Å². The molecule has 4 nitrogen and oxygen atoms in total. The third-order valence-electron chi connectivity index (χ3n) is 1.68. The molecule has 0 radical (unpaired) electrons. The minimum absolute atomic E-state index is 0.0158. The predicted octanol–water partition coefficient (Wildman–Crippen LogP) is 2.52. The van der Waals surface area contributed by atoms with Crippen LogP contribution in [0.25, 0.3) is 6.08 Å². The number of benzene rings is 1. The van der Waals surface area contributed by atoms with E-state index in [1.165, 1.54) is 12.1 Å². The standard InChI is InChI=1S/C10H8N2O2/c1-8(7-11)6-9-4-2-3-5-10(9)12(13)14/h2-6H,1H3/b8-6+. The molecule has 1 aromatic carbocycles. The lowest BCUT2D eigenvalue weighted by Crippen LogP contribution is -1.90. The van der Waals surface area contributed by atoms with Crippen molar-refractivity contribution in [2.75, 3.05) is 0 Å². The second-order valence-electron chi connectivity index (χ2n) is 2.76. The Kier molecular flexibility index (Phi) is 2.97. The summed E-state index contributed by atoms with van der Waals surface area (Å²) in [5.74, 6) is 0. The third kappa shape index (κ3) is 2.17. The Morgan fingerprint density at radius 2 is 2.21 bits per heavy atom. The van der Waals surface area contributed by atoms with E-state index in [0.29, 0.717) is 11.1 Å². The second kappa shape index (κ2) is 4.19. The number of allylic oxidation sites excluding steroid dienone is 1. The van der Waals surface area contributed by atoms with Crippen LogP contribution >= 0.6 is 0 Å². The van der Waals surface area contributed by atoms with Gasteiger partial charge < -0.3 is 0 Å². The Morgan fingerprint density at radius 1 is 1.57 bits per heavy atom. The molecule has 0 saturated carbocycles. The molecule has 0 spiro atoms. The highest BCUT2D eigenvalue weighted by Gasteiger charge is 2.09. The lowest BCUT2D eigenvalue weighted by Gasteiger charge is -1.96. The SMILES string of the molecule is C/C(C#N)=C\c1ccccc1[N+](=O)[O-]. The minimum atomic E-state index is -0.462. The molecule has 1 rings (SSSR count). The Balaban J connectivity index is 3.22. The Labute approximate surface area is 81.2 Å². The minimum Gasteiger partial charge on any atom is -0.258 e. The van der Waals surface area contributed by atoms with Crippen molar-refractivity contribution in [1.82, 2.24) is 0 Å². The normalized spacial score (nSPS) is 10.7. The number of hydrogen-bond acceptors (Lipinski definition) is 3. The van der Waals surface area contributed by atoms with Crippen LogP contribution in [0.2, 0.25) is 0 Å². The van der Waals surface area contributed by atoms with Crippen LogP contribution in [-0.4, -0.2) is 4.92 Å². The maximum atomic E-state index is 10.6. The van der Waals surface area contributed by atoms with Gasteiger partial charge in [0.25, 0.3) is 5.69 Å². The topological polar surface area (TPSA) is 66.9 Å². The molecule has 4 heteroatoms. The maximum Gasteiger partial charge on any atom is 0.276 e. The molecular formula is C10H8N2O2. The van der Waals surface area contributed by atoms with E-state index in [1.54, 1.807) is 25.1 Å². The van der Waals surface area contributed by atoms with Crippen molar-refractivity contribution in [3.05, 3.63) is 45.5 Å². The molecular weight excluding hydrogens is 180 g/mol. The van der Waals surface area contributed by atoms with E-state index in [1.807, 2.05) is 6.07 Å². The van der Waals surface area contributed by atoms with Gasteiger partial charge in [-0.25, -0.2) is 0 Å². The highest BCUT2D eigenvalue weighted by molar-refractivity contribution is 5.64. The van der Waals surface area contributed by atoms with Gasteiger partial charge in [0.15, 0.2) is 0 Å². The van der Waals surface area contributed by atoms with E-state index in [4.69, 9.17) is 5.26 Å². The Morgan fingerprint density at radius 3 is 2.79 bits per heavy atom. The monoisotopic (exact) mass is 188 g/mol. The molecule has 14 heavy (non-hydrogen) atoms. The first kappa shape index (κ1) is 9.93. The first-order valence-corrected chi connectivity index (χ1v) is 3.97. The fraction of sp³-hybridized carbons (Fsp3) is 0.100. The van der Waals surface area contributed by atoms with Crippen LogP contribution in [0.3, 0.4) is 0 Å². The summed E-state index contributed by atoms with van der Waals surface area (Å²) < 4.78 is 0. The fourth-order valence-corrected chi connectivity index (χ4v) is 1.04. The molecule has 1 aromatic rings. The first-order valence-electron chi connectivity index (χ1n) is 3.97. The smallest absolute Gasteiger partial charge is 0.258 e. The molecule has 0 aliphatic carbocycles. The van der Waals surface area contributed by atoms with Crippen molar-refractivity contribution >= 4 is 11.8 Å². The van der Waals surface area contributed by atoms with Gasteiger partial charge in [0.1, 0.15) is 0 Å². The molecule has 0 unspecified atom stereocenters. The number of nitriles is 1. The van der Waals surface area contributed by atoms with Crippen molar-refractivity contribution in [1.29, 1.82) is 5.26 Å². The van der Waals surface area contributed by atoms with Crippen molar-refractivity contribution in [2.24, 2.45) is 0 Å². The number of nitro groups is 1. The third-order valence-corrected chi connectivity index (χ3v) is 1.68. The van der Waals surface area contributed by atoms with Crippen LogP contribution in [0.15, 0.2) is 29.8 Å². The zero-order chi connectivity index (χ0) is 10.6. The molecule has 0 N–H and O–H groups in total. The first-order chi connectivity index (χ1) is 6.65. The van der Waals surface area contributed by atoms with Crippen LogP contribution in [0.1, 0.15) is 12.5 Å². The van der Waals surface area contributed by atoms with Crippen molar-refractivity contribution in [2.45, 2.75) is 6.92 Å². The summed E-state index contributed by atoms with van der Waals surface area (Å²) in [5.41, 5.74) is 0.915. The van der Waals surface area contributed by atoms with E-state index >= 15 is 0 Å². The van der Waals surface area contributed by atoms with Gasteiger partial charge in [-0.2, -0.15) is 5.26 Å². The van der Waals surface area contributed by atoms with Gasteiger partial charge in [-0.15, -0.1) is 0 Å². The van der Waals surface area contributed by atoms with E-state index in [-0.39, 0.29) is 5.69 Å². The summed E-state index contributed by atoms with van der Waals surface area (Å²) in [4.78, 5) is 10.1. The van der Waals surface area contributed by atoms with Gasteiger partial charge in [0, 0.05) is 11.6 Å². The summed E-state index contributed by atoms with van der Waals surface area (Å²) in [7, 11) is 0. The number of nitrogens with zero attached hydrogens (tertiary/aromatic N) is 2. The number of rotatable bonds is 2. The molecule has 0 heterocycles. The molecule has 70 valence electrons. The van der Waals surface area contributed by atoms with E-state index < -0.39 is 4.92 Å². The largest absolute Gasteiger partial charge is 0.276 e. The quantitative estimate of drug-likeness (QED) is 0.407. The summed E-state index contributed by atoms with van der Waals surface area (Å²) in [5, 5.41) is 19.1. The highest BCUT2D eigenvalue weighted by atomic mass is 16.6. The zero-order valence-corrected chi connectivity index (χ0v) is 7.60. The van der Waals surface area contributed by atoms with Gasteiger partial charge >= 0.3 is 0 Å². The molecule has 0 saturated heterocycles. The molecule has 0 amide bonds. The highest BCUT2D eigenvalue weighted by Crippen LogP contribution is 2.20. The fourth-order valence-electron chi connectivity index (χ4n) is 1.04. The van der Waals surface area contributed by atoms with Gasteiger partial charge in [0.2, 0.25) is 0 Å². The lowest BCUT2D eigenvalue weighted by atomic mass is 10.1. The zero-order valence-electron chi connectivity index (χ0n) is 7.60. The molecule has 0 aliphatic rings. The average molecular weight is 188 g/mol. The van der Waals surface area contributed by atoms with Crippen molar-refractivity contribution in [3.8, 4) is 6.07 Å². The Hall–Kier alpha value is -2.15. The predicted molar refractivity (Wildman–Crippen MR) is 52.4 cm³/mol. The second-order valence-corrected chi connectivity index (χ2v) is 2.76. The molecule has 0 atom stereocenters. The van der Waals surface area contributed by atoms with Crippen LogP contribution in [-0.2, 0) is 0 Å². The van der Waals surface area contributed by atoms with Gasteiger partial charge in [-0.05, 0) is 19.1 Å². The lowest BCUT2D eigenvalue weighted by molar-refractivity contribution is -0.385. The molecule has 0 aliphatic heterocycles. The maximum absolute atomic E-state index is 10.6. The van der Waals surface area contributed by atoms with Crippen LogP contribution < -0.4 is 0 Å². The molecule has 0 bridgehead atoms.